The van der Waals surface area contributed by atoms with Crippen LogP contribution in [0, 0.1) is 20.0 Å². The van der Waals surface area contributed by atoms with Crippen molar-refractivity contribution in [3.05, 3.63) is 32.5 Å². The summed E-state index contributed by atoms with van der Waals surface area (Å²) in [6.07, 6.45) is 0.349. The van der Waals surface area contributed by atoms with Crippen LogP contribution in [0.3, 0.4) is 0 Å². The van der Waals surface area contributed by atoms with Crippen LogP contribution in [0.5, 0.6) is 0 Å². The van der Waals surface area contributed by atoms with E-state index in [1.807, 2.05) is 0 Å². The highest BCUT2D eigenvalue weighted by molar-refractivity contribution is 14.1. The third-order valence-corrected chi connectivity index (χ3v) is 4.27. The molecule has 0 bridgehead atoms. The minimum Gasteiger partial charge on any atom is -0.207 e. The molecule has 0 spiro atoms. The maximum absolute atomic E-state index is 13.0. The van der Waals surface area contributed by atoms with Crippen LogP contribution in [0.1, 0.15) is 5.56 Å². The smallest absolute Gasteiger partial charge is 0.123 e. The molecule has 2 aromatic rings. The molecule has 70 valence electrons. The molecule has 1 aromatic heterocycles. The van der Waals surface area contributed by atoms with Crippen LogP contribution in [-0.2, 0) is 6.42 Å². The number of halogens is 2. The molecule has 1 aromatic carbocycles. The molecule has 0 aliphatic heterocycles. The van der Waals surface area contributed by atoms with Crippen molar-refractivity contribution in [1.82, 2.24) is 0 Å². The van der Waals surface area contributed by atoms with Gasteiger partial charge < -0.3 is 0 Å². The molecule has 0 aliphatic carbocycles. The van der Waals surface area contributed by atoms with E-state index in [0.29, 0.717) is 6.42 Å². The molecule has 2 rings (SSSR count). The Morgan fingerprint density at radius 2 is 2.29 bits per heavy atom. The quantitative estimate of drug-likeness (QED) is 0.736. The van der Waals surface area contributed by atoms with E-state index < -0.39 is 0 Å². The lowest BCUT2D eigenvalue weighted by Crippen LogP contribution is -1.81. The molecule has 0 N–H and O–H groups in total. The Morgan fingerprint density at radius 3 is 3.00 bits per heavy atom. The molecule has 0 radical (unpaired) electrons. The van der Waals surface area contributed by atoms with Gasteiger partial charge in [-0.2, -0.15) is 5.26 Å². The van der Waals surface area contributed by atoms with Crippen LogP contribution in [0.2, 0.25) is 0 Å². The van der Waals surface area contributed by atoms with Gasteiger partial charge in [0.1, 0.15) is 5.82 Å². The summed E-state index contributed by atoms with van der Waals surface area (Å²) in [7, 11) is 0. The van der Waals surface area contributed by atoms with Crippen LogP contribution in [-0.4, -0.2) is 0 Å². The summed E-state index contributed by atoms with van der Waals surface area (Å²) < 4.78 is 15.1. The lowest BCUT2D eigenvalue weighted by molar-refractivity contribution is 0.630. The fraction of sp³-hybridized carbons (Fsp3) is 0.100. The van der Waals surface area contributed by atoms with Crippen molar-refractivity contribution in [2.24, 2.45) is 0 Å². The molecule has 0 amide bonds. The molecule has 0 aliphatic rings. The van der Waals surface area contributed by atoms with E-state index in [9.17, 15) is 4.39 Å². The lowest BCUT2D eigenvalue weighted by Gasteiger charge is -1.93. The number of thiophene rings is 1. The Balaban J connectivity index is 2.74. The summed E-state index contributed by atoms with van der Waals surface area (Å²) in [5.74, 6) is -0.245. The van der Waals surface area contributed by atoms with Gasteiger partial charge in [0.25, 0.3) is 0 Å². The van der Waals surface area contributed by atoms with Gasteiger partial charge in [-0.15, -0.1) is 11.3 Å². The van der Waals surface area contributed by atoms with E-state index in [2.05, 4.69) is 28.7 Å². The number of nitriles is 1. The van der Waals surface area contributed by atoms with Crippen molar-refractivity contribution in [2.75, 3.05) is 0 Å². The van der Waals surface area contributed by atoms with E-state index in [0.717, 1.165) is 18.5 Å². The highest BCUT2D eigenvalue weighted by Crippen LogP contribution is 2.32. The highest BCUT2D eigenvalue weighted by Gasteiger charge is 2.09. The third kappa shape index (κ3) is 1.62. The average molecular weight is 317 g/mol. The Kier molecular flexibility index (Phi) is 2.70. The third-order valence-electron chi connectivity index (χ3n) is 1.96. The summed E-state index contributed by atoms with van der Waals surface area (Å²) in [4.78, 5) is 0. The number of nitrogens with zero attached hydrogens (tertiary/aromatic N) is 1. The van der Waals surface area contributed by atoms with Crippen molar-refractivity contribution < 1.29 is 4.39 Å². The largest absolute Gasteiger partial charge is 0.207 e. The zero-order chi connectivity index (χ0) is 10.1. The Morgan fingerprint density at radius 1 is 1.50 bits per heavy atom. The van der Waals surface area contributed by atoms with Gasteiger partial charge in [0.05, 0.1) is 15.4 Å². The van der Waals surface area contributed by atoms with Gasteiger partial charge in [0.15, 0.2) is 0 Å². The molecule has 4 heteroatoms. The van der Waals surface area contributed by atoms with Gasteiger partial charge in [-0.05, 0) is 46.4 Å². The number of benzene rings is 1. The Labute approximate surface area is 98.3 Å². The van der Waals surface area contributed by atoms with Gasteiger partial charge in [0.2, 0.25) is 0 Å². The zero-order valence-electron chi connectivity index (χ0n) is 7.05. The van der Waals surface area contributed by atoms with Crippen molar-refractivity contribution >= 4 is 44.0 Å². The first kappa shape index (κ1) is 9.87. The summed E-state index contributed by atoms with van der Waals surface area (Å²) in [6, 6.07) is 6.81. The van der Waals surface area contributed by atoms with Gasteiger partial charge in [-0.25, -0.2) is 4.39 Å². The number of rotatable bonds is 1. The minimum atomic E-state index is -0.245. The summed E-state index contributed by atoms with van der Waals surface area (Å²) >= 11 is 3.79. The van der Waals surface area contributed by atoms with Gasteiger partial charge in [-0.3, -0.25) is 0 Å². The van der Waals surface area contributed by atoms with E-state index in [-0.39, 0.29) is 5.82 Å². The summed E-state index contributed by atoms with van der Waals surface area (Å²) in [5, 5.41) is 9.52. The van der Waals surface area contributed by atoms with Crippen molar-refractivity contribution in [1.29, 1.82) is 5.26 Å². The molecular formula is C10H5FINS. The molecule has 0 fully saturated rings. The number of hydrogen-bond donors (Lipinski definition) is 0. The van der Waals surface area contributed by atoms with Gasteiger partial charge >= 0.3 is 0 Å². The second kappa shape index (κ2) is 3.83. The first-order valence-corrected chi connectivity index (χ1v) is 5.85. The topological polar surface area (TPSA) is 23.8 Å². The molecular weight excluding hydrogens is 312 g/mol. The minimum absolute atomic E-state index is 0.245. The fourth-order valence-electron chi connectivity index (χ4n) is 1.33. The average Bonchev–Trinajstić information content (AvgIpc) is 2.45. The van der Waals surface area contributed by atoms with Gasteiger partial charge in [-0.1, -0.05) is 0 Å². The van der Waals surface area contributed by atoms with Crippen molar-refractivity contribution in [3.8, 4) is 6.07 Å². The summed E-state index contributed by atoms with van der Waals surface area (Å²) in [6.45, 7) is 0. The first-order chi connectivity index (χ1) is 6.72. The van der Waals surface area contributed by atoms with Crippen molar-refractivity contribution in [2.45, 2.75) is 6.42 Å². The van der Waals surface area contributed by atoms with Crippen LogP contribution < -0.4 is 0 Å². The SMILES string of the molecule is N#CCc1c(I)sc2ccc(F)cc12. The molecule has 0 atom stereocenters. The second-order valence-corrected chi connectivity index (χ2v) is 5.69. The molecule has 0 unspecified atom stereocenters. The lowest BCUT2D eigenvalue weighted by atomic mass is 10.1. The molecule has 1 nitrogen and oxygen atoms in total. The fourth-order valence-corrected chi connectivity index (χ4v) is 3.45. The normalized spacial score (nSPS) is 10.4. The van der Waals surface area contributed by atoms with Crippen LogP contribution in [0.4, 0.5) is 4.39 Å². The highest BCUT2D eigenvalue weighted by atomic mass is 127. The van der Waals surface area contributed by atoms with Gasteiger partial charge in [0, 0.05) is 10.1 Å². The predicted octanol–water partition coefficient (Wildman–Crippen LogP) is 3.71. The standard InChI is InChI=1S/C10H5FINS/c11-6-1-2-9-8(5-6)7(3-4-13)10(12)14-9/h1-2,5H,3H2. The van der Waals surface area contributed by atoms with E-state index in [1.165, 1.54) is 12.1 Å². The number of fused-ring (bicyclic) bond motifs is 1. The van der Waals surface area contributed by atoms with Crippen molar-refractivity contribution in [3.63, 3.8) is 0 Å². The Bertz CT molecular complexity index is 527. The van der Waals surface area contributed by atoms with E-state index in [1.54, 1.807) is 17.4 Å². The first-order valence-electron chi connectivity index (χ1n) is 3.95. The van der Waals surface area contributed by atoms with Crippen LogP contribution in [0.15, 0.2) is 18.2 Å². The zero-order valence-corrected chi connectivity index (χ0v) is 10.0. The molecule has 0 saturated heterocycles. The summed E-state index contributed by atoms with van der Waals surface area (Å²) in [5.41, 5.74) is 0.951. The van der Waals surface area contributed by atoms with E-state index in [4.69, 9.17) is 5.26 Å². The van der Waals surface area contributed by atoms with Crippen LogP contribution in [0.25, 0.3) is 10.1 Å². The Hall–Kier alpha value is -0.670. The molecule has 14 heavy (non-hydrogen) atoms. The maximum Gasteiger partial charge on any atom is 0.123 e. The second-order valence-electron chi connectivity index (χ2n) is 2.83. The van der Waals surface area contributed by atoms with Crippen LogP contribution >= 0.6 is 33.9 Å². The molecule has 1 heterocycles. The number of hydrogen-bond acceptors (Lipinski definition) is 2. The predicted molar refractivity (Wildman–Crippen MR) is 63.8 cm³/mol. The van der Waals surface area contributed by atoms with E-state index >= 15 is 0 Å². The maximum atomic E-state index is 13.0. The monoisotopic (exact) mass is 317 g/mol. The molecule has 0 saturated carbocycles.